The maximum absolute atomic E-state index is 4.91. The number of para-hydroxylation sites is 1. The molecular formula is C18H25N3. The molecule has 1 aliphatic heterocycles. The molecule has 1 aromatic carbocycles. The van der Waals surface area contributed by atoms with Crippen molar-refractivity contribution in [1.29, 1.82) is 0 Å². The molecule has 21 heavy (non-hydrogen) atoms. The van der Waals surface area contributed by atoms with Crippen molar-refractivity contribution in [3.05, 3.63) is 35.9 Å². The van der Waals surface area contributed by atoms with Gasteiger partial charge in [0.2, 0.25) is 0 Å². The fraction of sp³-hybridized carbons (Fsp3) is 0.500. The van der Waals surface area contributed by atoms with E-state index in [1.807, 2.05) is 0 Å². The van der Waals surface area contributed by atoms with Crippen LogP contribution in [0.2, 0.25) is 0 Å². The van der Waals surface area contributed by atoms with Crippen LogP contribution in [-0.4, -0.2) is 24.1 Å². The van der Waals surface area contributed by atoms with Crippen LogP contribution in [0, 0.1) is 5.92 Å². The Kier molecular flexibility index (Phi) is 4.11. The lowest BCUT2D eigenvalue weighted by molar-refractivity contribution is 0.625. The van der Waals surface area contributed by atoms with E-state index in [1.54, 1.807) is 0 Å². The molecule has 3 rings (SSSR count). The van der Waals surface area contributed by atoms with Crippen molar-refractivity contribution in [3.8, 4) is 0 Å². The van der Waals surface area contributed by atoms with Crippen molar-refractivity contribution < 1.29 is 0 Å². The van der Waals surface area contributed by atoms with Crippen LogP contribution < -0.4 is 10.2 Å². The number of benzene rings is 1. The van der Waals surface area contributed by atoms with Gasteiger partial charge in [-0.1, -0.05) is 32.0 Å². The van der Waals surface area contributed by atoms with Crippen molar-refractivity contribution in [1.82, 2.24) is 10.3 Å². The molecule has 3 nitrogen and oxygen atoms in total. The SMILES string of the molecule is CCNCc1cc(N2CC(C)CC2C)nc2ccccc12. The summed E-state index contributed by atoms with van der Waals surface area (Å²) in [5.74, 6) is 1.89. The molecule has 2 atom stereocenters. The van der Waals surface area contributed by atoms with Crippen LogP contribution >= 0.6 is 0 Å². The second-order valence-corrected chi connectivity index (χ2v) is 6.28. The number of pyridine rings is 1. The minimum atomic E-state index is 0.584. The second-order valence-electron chi connectivity index (χ2n) is 6.28. The number of hydrogen-bond donors (Lipinski definition) is 1. The lowest BCUT2D eigenvalue weighted by Gasteiger charge is -2.24. The van der Waals surface area contributed by atoms with Crippen molar-refractivity contribution in [2.45, 2.75) is 39.8 Å². The van der Waals surface area contributed by atoms with Gasteiger partial charge in [-0.15, -0.1) is 0 Å². The average Bonchev–Trinajstić information content (AvgIpc) is 2.83. The number of aromatic nitrogens is 1. The van der Waals surface area contributed by atoms with E-state index in [0.29, 0.717) is 6.04 Å². The van der Waals surface area contributed by atoms with Crippen LogP contribution in [0.5, 0.6) is 0 Å². The third kappa shape index (κ3) is 2.88. The molecule has 1 saturated heterocycles. The van der Waals surface area contributed by atoms with E-state index in [4.69, 9.17) is 4.98 Å². The number of rotatable bonds is 4. The molecule has 2 heterocycles. The molecule has 0 spiro atoms. The zero-order valence-electron chi connectivity index (χ0n) is 13.3. The minimum Gasteiger partial charge on any atom is -0.354 e. The number of nitrogens with zero attached hydrogens (tertiary/aromatic N) is 2. The van der Waals surface area contributed by atoms with Gasteiger partial charge in [0.05, 0.1) is 5.52 Å². The Labute approximate surface area is 127 Å². The summed E-state index contributed by atoms with van der Waals surface area (Å²) >= 11 is 0. The number of hydrogen-bond acceptors (Lipinski definition) is 3. The van der Waals surface area contributed by atoms with Crippen molar-refractivity contribution in [2.24, 2.45) is 5.92 Å². The molecular weight excluding hydrogens is 258 g/mol. The van der Waals surface area contributed by atoms with Gasteiger partial charge in [-0.05, 0) is 43.5 Å². The van der Waals surface area contributed by atoms with Gasteiger partial charge in [0.15, 0.2) is 0 Å². The molecule has 0 saturated carbocycles. The normalized spacial score (nSPS) is 22.1. The summed E-state index contributed by atoms with van der Waals surface area (Å²) in [5.41, 5.74) is 2.46. The largest absolute Gasteiger partial charge is 0.354 e. The highest BCUT2D eigenvalue weighted by Gasteiger charge is 2.27. The van der Waals surface area contributed by atoms with Crippen LogP contribution in [0.3, 0.4) is 0 Å². The van der Waals surface area contributed by atoms with Crippen molar-refractivity contribution in [2.75, 3.05) is 18.0 Å². The molecule has 0 aliphatic carbocycles. The van der Waals surface area contributed by atoms with Crippen LogP contribution in [0.15, 0.2) is 30.3 Å². The van der Waals surface area contributed by atoms with E-state index < -0.39 is 0 Å². The Balaban J connectivity index is 2.03. The third-order valence-electron chi connectivity index (χ3n) is 4.43. The van der Waals surface area contributed by atoms with Gasteiger partial charge in [-0.2, -0.15) is 0 Å². The topological polar surface area (TPSA) is 28.2 Å². The van der Waals surface area contributed by atoms with Crippen molar-refractivity contribution in [3.63, 3.8) is 0 Å². The number of nitrogens with one attached hydrogen (secondary N) is 1. The third-order valence-corrected chi connectivity index (χ3v) is 4.43. The summed E-state index contributed by atoms with van der Waals surface area (Å²) in [7, 11) is 0. The molecule has 0 bridgehead atoms. The smallest absolute Gasteiger partial charge is 0.129 e. The quantitative estimate of drug-likeness (QED) is 0.929. The zero-order chi connectivity index (χ0) is 14.8. The van der Waals surface area contributed by atoms with Crippen LogP contribution in [0.25, 0.3) is 10.9 Å². The first-order valence-corrected chi connectivity index (χ1v) is 8.05. The minimum absolute atomic E-state index is 0.584. The molecule has 0 radical (unpaired) electrons. The highest BCUT2D eigenvalue weighted by Crippen LogP contribution is 2.30. The lowest BCUT2D eigenvalue weighted by Crippen LogP contribution is -2.28. The van der Waals surface area contributed by atoms with Gasteiger partial charge in [0, 0.05) is 24.5 Å². The second kappa shape index (κ2) is 6.02. The van der Waals surface area contributed by atoms with E-state index in [-0.39, 0.29) is 0 Å². The first-order chi connectivity index (χ1) is 10.2. The maximum atomic E-state index is 4.91. The van der Waals surface area contributed by atoms with Crippen LogP contribution in [0.1, 0.15) is 32.8 Å². The average molecular weight is 283 g/mol. The first-order valence-electron chi connectivity index (χ1n) is 8.05. The Hall–Kier alpha value is -1.61. The predicted molar refractivity (Wildman–Crippen MR) is 89.7 cm³/mol. The standard InChI is InChI=1S/C18H25N3/c1-4-19-11-15-10-18(21-12-13(2)9-14(21)3)20-17-8-6-5-7-16(15)17/h5-8,10,13-14,19H,4,9,11-12H2,1-3H3. The Morgan fingerprint density at radius 2 is 2.10 bits per heavy atom. The summed E-state index contributed by atoms with van der Waals surface area (Å²) in [6.07, 6.45) is 1.26. The maximum Gasteiger partial charge on any atom is 0.129 e. The Morgan fingerprint density at radius 3 is 2.81 bits per heavy atom. The van der Waals surface area contributed by atoms with Gasteiger partial charge >= 0.3 is 0 Å². The van der Waals surface area contributed by atoms with Gasteiger partial charge in [0.1, 0.15) is 5.82 Å². The molecule has 112 valence electrons. The Bertz CT molecular complexity index is 623. The molecule has 2 unspecified atom stereocenters. The van der Waals surface area contributed by atoms with Crippen LogP contribution in [-0.2, 0) is 6.54 Å². The molecule has 1 aromatic heterocycles. The van der Waals surface area contributed by atoms with E-state index in [1.165, 1.54) is 17.4 Å². The van der Waals surface area contributed by atoms with Gasteiger partial charge in [-0.3, -0.25) is 0 Å². The fourth-order valence-corrected chi connectivity index (χ4v) is 3.40. The summed E-state index contributed by atoms with van der Waals surface area (Å²) in [6, 6.07) is 11.3. The summed E-state index contributed by atoms with van der Waals surface area (Å²) < 4.78 is 0. The highest BCUT2D eigenvalue weighted by molar-refractivity contribution is 5.84. The van der Waals surface area contributed by atoms with Gasteiger partial charge < -0.3 is 10.2 Å². The fourth-order valence-electron chi connectivity index (χ4n) is 3.40. The van der Waals surface area contributed by atoms with E-state index >= 15 is 0 Å². The summed E-state index contributed by atoms with van der Waals surface area (Å²) in [4.78, 5) is 7.37. The lowest BCUT2D eigenvalue weighted by atomic mass is 10.1. The zero-order valence-corrected chi connectivity index (χ0v) is 13.3. The highest BCUT2D eigenvalue weighted by atomic mass is 15.2. The predicted octanol–water partition coefficient (Wildman–Crippen LogP) is 3.58. The van der Waals surface area contributed by atoms with E-state index in [0.717, 1.165) is 36.9 Å². The molecule has 3 heteroatoms. The molecule has 1 fully saturated rings. The van der Waals surface area contributed by atoms with Gasteiger partial charge in [0.25, 0.3) is 0 Å². The Morgan fingerprint density at radius 1 is 1.29 bits per heavy atom. The van der Waals surface area contributed by atoms with E-state index in [2.05, 4.69) is 61.3 Å². The summed E-state index contributed by atoms with van der Waals surface area (Å²) in [6.45, 7) is 9.80. The monoisotopic (exact) mass is 283 g/mol. The molecule has 2 aromatic rings. The molecule has 0 amide bonds. The number of fused-ring (bicyclic) bond motifs is 1. The first kappa shape index (κ1) is 14.3. The van der Waals surface area contributed by atoms with Gasteiger partial charge in [-0.25, -0.2) is 4.98 Å². The summed E-state index contributed by atoms with van der Waals surface area (Å²) in [5, 5.41) is 4.71. The molecule has 1 N–H and O–H groups in total. The van der Waals surface area contributed by atoms with Crippen molar-refractivity contribution >= 4 is 16.7 Å². The molecule has 1 aliphatic rings. The van der Waals surface area contributed by atoms with E-state index in [9.17, 15) is 0 Å². The number of anilines is 1. The van der Waals surface area contributed by atoms with Crippen LogP contribution in [0.4, 0.5) is 5.82 Å².